The van der Waals surface area contributed by atoms with Gasteiger partial charge in [0.2, 0.25) is 5.91 Å². The summed E-state index contributed by atoms with van der Waals surface area (Å²) < 4.78 is 0. The fourth-order valence-electron chi connectivity index (χ4n) is 2.63. The molecule has 1 fully saturated rings. The molecule has 0 spiro atoms. The van der Waals surface area contributed by atoms with Gasteiger partial charge >= 0.3 is 0 Å². The van der Waals surface area contributed by atoms with Crippen LogP contribution in [0.15, 0.2) is 17.5 Å². The van der Waals surface area contributed by atoms with Gasteiger partial charge in [-0.05, 0) is 37.8 Å². The van der Waals surface area contributed by atoms with Crippen LogP contribution in [0.25, 0.3) is 0 Å². The molecule has 0 aromatic carbocycles. The first-order valence-corrected chi connectivity index (χ1v) is 7.62. The van der Waals surface area contributed by atoms with Crippen LogP contribution in [-0.2, 0) is 11.3 Å². The molecule has 2 heterocycles. The summed E-state index contributed by atoms with van der Waals surface area (Å²) in [5.74, 6) is 0.325. The Labute approximate surface area is 113 Å². The SMILES string of the molecule is CCN(Cc1cccs1)C(=O)C1(CC)CCNC1. The van der Waals surface area contributed by atoms with Crippen molar-refractivity contribution >= 4 is 17.2 Å². The van der Waals surface area contributed by atoms with Gasteiger partial charge in [0.25, 0.3) is 0 Å². The molecule has 1 aliphatic rings. The van der Waals surface area contributed by atoms with E-state index in [1.165, 1.54) is 4.88 Å². The van der Waals surface area contributed by atoms with E-state index in [1.54, 1.807) is 11.3 Å². The third kappa shape index (κ3) is 2.59. The number of carbonyl (C=O) groups is 1. The van der Waals surface area contributed by atoms with Crippen molar-refractivity contribution in [2.75, 3.05) is 19.6 Å². The minimum absolute atomic E-state index is 0.159. The summed E-state index contributed by atoms with van der Waals surface area (Å²) in [6.45, 7) is 7.55. The van der Waals surface area contributed by atoms with Gasteiger partial charge in [0.05, 0.1) is 12.0 Å². The predicted molar refractivity (Wildman–Crippen MR) is 75.6 cm³/mol. The molecule has 3 nitrogen and oxygen atoms in total. The average molecular weight is 266 g/mol. The monoisotopic (exact) mass is 266 g/mol. The maximum absolute atomic E-state index is 12.7. The third-order valence-corrected chi connectivity index (χ3v) is 4.83. The molecule has 2 rings (SSSR count). The molecule has 0 bridgehead atoms. The second-order valence-corrected chi connectivity index (χ2v) is 5.99. The summed E-state index contributed by atoms with van der Waals surface area (Å²) in [6, 6.07) is 4.15. The number of thiophene rings is 1. The molecule has 1 amide bonds. The van der Waals surface area contributed by atoms with E-state index in [0.717, 1.165) is 39.0 Å². The molecule has 18 heavy (non-hydrogen) atoms. The Morgan fingerprint density at radius 3 is 2.89 bits per heavy atom. The van der Waals surface area contributed by atoms with Gasteiger partial charge in [0, 0.05) is 18.0 Å². The summed E-state index contributed by atoms with van der Waals surface area (Å²) >= 11 is 1.72. The maximum Gasteiger partial charge on any atom is 0.230 e. The molecule has 1 aliphatic heterocycles. The summed E-state index contributed by atoms with van der Waals surface area (Å²) in [5, 5.41) is 5.41. The highest BCUT2D eigenvalue weighted by atomic mass is 32.1. The zero-order valence-corrected chi connectivity index (χ0v) is 12.1. The molecule has 100 valence electrons. The summed E-state index contributed by atoms with van der Waals surface area (Å²) in [5.41, 5.74) is -0.159. The van der Waals surface area contributed by atoms with Crippen molar-refractivity contribution in [3.05, 3.63) is 22.4 Å². The van der Waals surface area contributed by atoms with Gasteiger partial charge in [0.1, 0.15) is 0 Å². The molecule has 1 atom stereocenters. The molecule has 0 radical (unpaired) electrons. The molecule has 4 heteroatoms. The number of amides is 1. The molecule has 1 N–H and O–H groups in total. The summed E-state index contributed by atoms with van der Waals surface area (Å²) in [6.07, 6.45) is 1.91. The second kappa shape index (κ2) is 5.85. The molecule has 0 aliphatic carbocycles. The smallest absolute Gasteiger partial charge is 0.230 e. The van der Waals surface area contributed by atoms with Crippen LogP contribution in [0.2, 0.25) is 0 Å². The number of hydrogen-bond acceptors (Lipinski definition) is 3. The van der Waals surface area contributed by atoms with E-state index in [0.29, 0.717) is 5.91 Å². The average Bonchev–Trinajstić information content (AvgIpc) is 3.06. The second-order valence-electron chi connectivity index (χ2n) is 4.96. The van der Waals surface area contributed by atoms with E-state index in [-0.39, 0.29) is 5.41 Å². The fourth-order valence-corrected chi connectivity index (χ4v) is 3.35. The lowest BCUT2D eigenvalue weighted by Crippen LogP contribution is -2.44. The van der Waals surface area contributed by atoms with Crippen molar-refractivity contribution in [2.24, 2.45) is 5.41 Å². The van der Waals surface area contributed by atoms with Gasteiger partial charge in [-0.3, -0.25) is 4.79 Å². The van der Waals surface area contributed by atoms with Crippen LogP contribution >= 0.6 is 11.3 Å². The van der Waals surface area contributed by atoms with Crippen molar-refractivity contribution in [3.63, 3.8) is 0 Å². The van der Waals surface area contributed by atoms with Crippen LogP contribution in [0.5, 0.6) is 0 Å². The highest BCUT2D eigenvalue weighted by Crippen LogP contribution is 2.32. The van der Waals surface area contributed by atoms with E-state index in [9.17, 15) is 4.79 Å². The van der Waals surface area contributed by atoms with Crippen LogP contribution < -0.4 is 5.32 Å². The molecular formula is C14H22N2OS. The van der Waals surface area contributed by atoms with Gasteiger partial charge in [-0.1, -0.05) is 13.0 Å². The van der Waals surface area contributed by atoms with Gasteiger partial charge in [-0.2, -0.15) is 0 Å². The van der Waals surface area contributed by atoms with Crippen molar-refractivity contribution in [2.45, 2.75) is 33.2 Å². The lowest BCUT2D eigenvalue weighted by atomic mass is 9.82. The molecular weight excluding hydrogens is 244 g/mol. The normalized spacial score (nSPS) is 23.2. The minimum atomic E-state index is -0.159. The van der Waals surface area contributed by atoms with Gasteiger partial charge < -0.3 is 10.2 Å². The summed E-state index contributed by atoms with van der Waals surface area (Å²) in [7, 11) is 0. The van der Waals surface area contributed by atoms with E-state index in [1.807, 2.05) is 11.0 Å². The Hall–Kier alpha value is -0.870. The zero-order chi connectivity index (χ0) is 13.0. The third-order valence-electron chi connectivity index (χ3n) is 3.97. The largest absolute Gasteiger partial charge is 0.337 e. The molecule has 1 saturated heterocycles. The highest BCUT2D eigenvalue weighted by molar-refractivity contribution is 7.09. The topological polar surface area (TPSA) is 32.3 Å². The zero-order valence-electron chi connectivity index (χ0n) is 11.2. The van der Waals surface area contributed by atoms with E-state index < -0.39 is 0 Å². The van der Waals surface area contributed by atoms with Crippen LogP contribution in [0.3, 0.4) is 0 Å². The van der Waals surface area contributed by atoms with Crippen LogP contribution in [0, 0.1) is 5.41 Å². The van der Waals surface area contributed by atoms with Crippen molar-refractivity contribution in [3.8, 4) is 0 Å². The van der Waals surface area contributed by atoms with E-state index in [2.05, 4.69) is 30.6 Å². The Morgan fingerprint density at radius 1 is 1.56 bits per heavy atom. The first kappa shape index (κ1) is 13.6. The van der Waals surface area contributed by atoms with Crippen LogP contribution in [-0.4, -0.2) is 30.4 Å². The first-order chi connectivity index (χ1) is 8.72. The number of carbonyl (C=O) groups excluding carboxylic acids is 1. The Bertz CT molecular complexity index is 383. The van der Waals surface area contributed by atoms with Gasteiger partial charge in [0.15, 0.2) is 0 Å². The van der Waals surface area contributed by atoms with Crippen LogP contribution in [0.1, 0.15) is 31.6 Å². The van der Waals surface area contributed by atoms with Gasteiger partial charge in [-0.25, -0.2) is 0 Å². The Balaban J connectivity index is 2.09. The lowest BCUT2D eigenvalue weighted by Gasteiger charge is -2.32. The van der Waals surface area contributed by atoms with Crippen molar-refractivity contribution in [1.29, 1.82) is 0 Å². The van der Waals surface area contributed by atoms with Crippen molar-refractivity contribution < 1.29 is 4.79 Å². The number of rotatable bonds is 5. The number of nitrogens with zero attached hydrogens (tertiary/aromatic N) is 1. The van der Waals surface area contributed by atoms with Crippen molar-refractivity contribution in [1.82, 2.24) is 10.2 Å². The van der Waals surface area contributed by atoms with Gasteiger partial charge in [-0.15, -0.1) is 11.3 Å². The Morgan fingerprint density at radius 2 is 2.39 bits per heavy atom. The predicted octanol–water partition coefficient (Wildman–Crippen LogP) is 2.49. The number of hydrogen-bond donors (Lipinski definition) is 1. The molecule has 1 aromatic heterocycles. The highest BCUT2D eigenvalue weighted by Gasteiger charge is 2.41. The van der Waals surface area contributed by atoms with E-state index >= 15 is 0 Å². The summed E-state index contributed by atoms with van der Waals surface area (Å²) in [4.78, 5) is 16.0. The fraction of sp³-hybridized carbons (Fsp3) is 0.643. The van der Waals surface area contributed by atoms with E-state index in [4.69, 9.17) is 0 Å². The van der Waals surface area contributed by atoms with Crippen LogP contribution in [0.4, 0.5) is 0 Å². The molecule has 0 saturated carbocycles. The molecule has 1 unspecified atom stereocenters. The quantitative estimate of drug-likeness (QED) is 0.888. The lowest BCUT2D eigenvalue weighted by molar-refractivity contribution is -0.141. The standard InChI is InChI=1S/C14H22N2OS/c1-3-14(7-8-15-11-14)13(17)16(4-2)10-12-6-5-9-18-12/h5-6,9,15H,3-4,7-8,10-11H2,1-2H3. The Kier molecular flexibility index (Phi) is 4.40. The minimum Gasteiger partial charge on any atom is -0.337 e. The number of nitrogens with one attached hydrogen (secondary N) is 1. The molecule has 1 aromatic rings. The first-order valence-electron chi connectivity index (χ1n) is 6.74. The maximum atomic E-state index is 12.7.